The number of nitrogens with zero attached hydrogens (tertiary/aromatic N) is 1. The molecule has 1 aliphatic rings. The van der Waals surface area contributed by atoms with Gasteiger partial charge < -0.3 is 10.2 Å². The Bertz CT molecular complexity index is 548. The minimum Gasteiger partial charge on any atom is -0.356 e. The first-order chi connectivity index (χ1) is 11.0. The van der Waals surface area contributed by atoms with Crippen LogP contribution >= 0.6 is 0 Å². The van der Waals surface area contributed by atoms with Crippen molar-refractivity contribution in [2.75, 3.05) is 18.0 Å². The minimum absolute atomic E-state index is 0.0155. The lowest BCUT2D eigenvalue weighted by Gasteiger charge is -2.18. The average molecular weight is 316 g/mol. The second-order valence-corrected chi connectivity index (χ2v) is 6.60. The van der Waals surface area contributed by atoms with Gasteiger partial charge in [0.25, 0.3) is 0 Å². The lowest BCUT2D eigenvalue weighted by molar-refractivity contribution is -0.126. The molecule has 1 atom stereocenters. The normalized spacial score (nSPS) is 17.6. The Morgan fingerprint density at radius 3 is 2.52 bits per heavy atom. The molecule has 0 spiro atoms. The summed E-state index contributed by atoms with van der Waals surface area (Å²) in [6.45, 7) is 7.43. The summed E-state index contributed by atoms with van der Waals surface area (Å²) in [5.41, 5.74) is 3.18. The summed E-state index contributed by atoms with van der Waals surface area (Å²) in [5, 5.41) is 2.98. The smallest absolute Gasteiger partial charge is 0.227 e. The predicted molar refractivity (Wildman–Crippen MR) is 93.5 cm³/mol. The fourth-order valence-corrected chi connectivity index (χ4v) is 3.15. The molecule has 1 unspecified atom stereocenters. The summed E-state index contributed by atoms with van der Waals surface area (Å²) in [5.74, 6) is -0.169. The van der Waals surface area contributed by atoms with Gasteiger partial charge in [0.1, 0.15) is 0 Å². The van der Waals surface area contributed by atoms with Crippen LogP contribution in [0.4, 0.5) is 5.69 Å². The molecule has 1 heterocycles. The van der Waals surface area contributed by atoms with Gasteiger partial charge >= 0.3 is 0 Å². The third-order valence-electron chi connectivity index (χ3n) is 4.34. The quantitative estimate of drug-likeness (QED) is 0.784. The van der Waals surface area contributed by atoms with Crippen LogP contribution in [-0.4, -0.2) is 24.9 Å². The monoisotopic (exact) mass is 316 g/mol. The first-order valence-corrected chi connectivity index (χ1v) is 8.67. The minimum atomic E-state index is -0.227. The van der Waals surface area contributed by atoms with Crippen LogP contribution in [0.2, 0.25) is 0 Å². The summed E-state index contributed by atoms with van der Waals surface area (Å²) in [7, 11) is 0. The largest absolute Gasteiger partial charge is 0.356 e. The molecule has 2 rings (SSSR count). The summed E-state index contributed by atoms with van der Waals surface area (Å²) in [6, 6.07) is 6.11. The number of hydrogen-bond acceptors (Lipinski definition) is 2. The van der Waals surface area contributed by atoms with E-state index in [4.69, 9.17) is 0 Å². The number of anilines is 1. The first kappa shape index (κ1) is 17.5. The van der Waals surface area contributed by atoms with Gasteiger partial charge in [0, 0.05) is 25.2 Å². The van der Waals surface area contributed by atoms with E-state index in [0.29, 0.717) is 19.5 Å². The summed E-state index contributed by atoms with van der Waals surface area (Å²) < 4.78 is 0. The summed E-state index contributed by atoms with van der Waals surface area (Å²) >= 11 is 0. The van der Waals surface area contributed by atoms with Gasteiger partial charge in [-0.1, -0.05) is 32.3 Å². The van der Waals surface area contributed by atoms with E-state index >= 15 is 0 Å². The Morgan fingerprint density at radius 1 is 1.17 bits per heavy atom. The molecule has 1 aromatic rings. The molecule has 0 saturated carbocycles. The molecule has 1 N–H and O–H groups in total. The van der Waals surface area contributed by atoms with Crippen LogP contribution in [0.25, 0.3) is 0 Å². The summed E-state index contributed by atoms with van der Waals surface area (Å²) in [4.78, 5) is 26.3. The van der Waals surface area contributed by atoms with Gasteiger partial charge in [-0.3, -0.25) is 9.59 Å². The van der Waals surface area contributed by atoms with Crippen LogP contribution in [0.5, 0.6) is 0 Å². The van der Waals surface area contributed by atoms with Gasteiger partial charge in [-0.2, -0.15) is 0 Å². The number of nitrogens with one attached hydrogen (secondary N) is 1. The van der Waals surface area contributed by atoms with E-state index in [0.717, 1.165) is 29.7 Å². The van der Waals surface area contributed by atoms with Gasteiger partial charge in [0.2, 0.25) is 11.8 Å². The van der Waals surface area contributed by atoms with Gasteiger partial charge in [-0.25, -0.2) is 0 Å². The highest BCUT2D eigenvalue weighted by atomic mass is 16.2. The van der Waals surface area contributed by atoms with Crippen LogP contribution in [0.1, 0.15) is 50.2 Å². The van der Waals surface area contributed by atoms with Crippen molar-refractivity contribution in [3.63, 3.8) is 0 Å². The molecule has 1 aromatic carbocycles. The molecule has 1 saturated heterocycles. The number of hydrogen-bond donors (Lipinski definition) is 1. The number of carbonyl (C=O) groups is 2. The van der Waals surface area contributed by atoms with Crippen LogP contribution < -0.4 is 10.2 Å². The molecular formula is C19H28N2O2. The van der Waals surface area contributed by atoms with E-state index < -0.39 is 0 Å². The second kappa shape index (κ2) is 8.14. The average Bonchev–Trinajstić information content (AvgIpc) is 2.88. The van der Waals surface area contributed by atoms with E-state index in [9.17, 15) is 9.59 Å². The Balaban J connectivity index is 1.90. The van der Waals surface area contributed by atoms with Crippen LogP contribution in [0.15, 0.2) is 18.2 Å². The third-order valence-corrected chi connectivity index (χ3v) is 4.34. The number of aryl methyl sites for hydroxylation is 2. The first-order valence-electron chi connectivity index (χ1n) is 8.67. The molecule has 0 radical (unpaired) electrons. The topological polar surface area (TPSA) is 49.4 Å². The fourth-order valence-electron chi connectivity index (χ4n) is 3.15. The second-order valence-electron chi connectivity index (χ2n) is 6.60. The molecule has 0 aliphatic carbocycles. The molecule has 1 aliphatic heterocycles. The number of carbonyl (C=O) groups excluding carboxylic acids is 2. The Labute approximate surface area is 139 Å². The van der Waals surface area contributed by atoms with Crippen molar-refractivity contribution in [1.29, 1.82) is 0 Å². The van der Waals surface area contributed by atoms with Crippen molar-refractivity contribution in [1.82, 2.24) is 5.32 Å². The van der Waals surface area contributed by atoms with Gasteiger partial charge in [-0.15, -0.1) is 0 Å². The predicted octanol–water partition coefficient (Wildman–Crippen LogP) is 3.35. The lowest BCUT2D eigenvalue weighted by Crippen LogP contribution is -2.33. The van der Waals surface area contributed by atoms with Crippen LogP contribution in [-0.2, 0) is 9.59 Å². The molecule has 4 nitrogen and oxygen atoms in total. The molecule has 0 aromatic heterocycles. The fraction of sp³-hybridized carbons (Fsp3) is 0.579. The number of rotatable bonds is 7. The molecular weight excluding hydrogens is 288 g/mol. The number of benzene rings is 1. The number of amides is 2. The zero-order valence-corrected chi connectivity index (χ0v) is 14.5. The molecule has 23 heavy (non-hydrogen) atoms. The van der Waals surface area contributed by atoms with E-state index in [1.807, 2.05) is 26.0 Å². The van der Waals surface area contributed by atoms with Crippen molar-refractivity contribution >= 4 is 17.5 Å². The van der Waals surface area contributed by atoms with Gasteiger partial charge in [0.15, 0.2) is 0 Å². The Morgan fingerprint density at radius 2 is 1.87 bits per heavy atom. The Hall–Kier alpha value is -1.84. The zero-order valence-electron chi connectivity index (χ0n) is 14.5. The third kappa shape index (κ3) is 4.81. The summed E-state index contributed by atoms with van der Waals surface area (Å²) in [6.07, 6.45) is 4.87. The van der Waals surface area contributed by atoms with E-state index in [2.05, 4.69) is 18.3 Å². The highest BCUT2D eigenvalue weighted by molar-refractivity contribution is 6.00. The van der Waals surface area contributed by atoms with Gasteiger partial charge in [-0.05, 0) is 43.5 Å². The number of unbranched alkanes of at least 4 members (excludes halogenated alkanes) is 3. The zero-order chi connectivity index (χ0) is 16.8. The van der Waals surface area contributed by atoms with Crippen molar-refractivity contribution in [3.8, 4) is 0 Å². The van der Waals surface area contributed by atoms with Crippen molar-refractivity contribution in [2.24, 2.45) is 5.92 Å². The Kier molecular flexibility index (Phi) is 6.20. The van der Waals surface area contributed by atoms with Crippen molar-refractivity contribution in [3.05, 3.63) is 29.3 Å². The maximum atomic E-state index is 12.3. The maximum absolute atomic E-state index is 12.3. The SMILES string of the molecule is CCCCCCNC(=O)C1CC(=O)N(c2cc(C)cc(C)c2)C1. The van der Waals surface area contributed by atoms with E-state index in [-0.39, 0.29) is 17.7 Å². The highest BCUT2D eigenvalue weighted by Crippen LogP contribution is 2.27. The van der Waals surface area contributed by atoms with Gasteiger partial charge in [0.05, 0.1) is 5.92 Å². The highest BCUT2D eigenvalue weighted by Gasteiger charge is 2.35. The lowest BCUT2D eigenvalue weighted by atomic mass is 10.1. The maximum Gasteiger partial charge on any atom is 0.227 e. The molecule has 2 amide bonds. The standard InChI is InChI=1S/C19H28N2O2/c1-4-5-6-7-8-20-19(23)16-12-18(22)21(13-16)17-10-14(2)9-15(3)11-17/h9-11,16H,4-8,12-13H2,1-3H3,(H,20,23). The molecule has 4 heteroatoms. The van der Waals surface area contributed by atoms with Crippen LogP contribution in [0.3, 0.4) is 0 Å². The van der Waals surface area contributed by atoms with Crippen molar-refractivity contribution < 1.29 is 9.59 Å². The van der Waals surface area contributed by atoms with E-state index in [1.165, 1.54) is 12.8 Å². The molecule has 1 fully saturated rings. The van der Waals surface area contributed by atoms with Crippen LogP contribution in [0, 0.1) is 19.8 Å². The molecule has 0 bridgehead atoms. The van der Waals surface area contributed by atoms with Crippen molar-refractivity contribution in [2.45, 2.75) is 52.9 Å². The van der Waals surface area contributed by atoms with E-state index in [1.54, 1.807) is 4.90 Å². The molecule has 126 valence electrons.